The van der Waals surface area contributed by atoms with Crippen LogP contribution >= 0.6 is 0 Å². The van der Waals surface area contributed by atoms with Gasteiger partial charge in [-0.3, -0.25) is 4.79 Å². The van der Waals surface area contributed by atoms with Crippen LogP contribution in [0.2, 0.25) is 0 Å². The maximum absolute atomic E-state index is 13.5. The van der Waals surface area contributed by atoms with E-state index in [0.717, 1.165) is 31.5 Å². The van der Waals surface area contributed by atoms with E-state index < -0.39 is 42.0 Å². The fourth-order valence-electron chi connectivity index (χ4n) is 5.32. The Labute approximate surface area is 225 Å². The van der Waals surface area contributed by atoms with E-state index in [-0.39, 0.29) is 17.7 Å². The molecule has 39 heavy (non-hydrogen) atoms. The summed E-state index contributed by atoms with van der Waals surface area (Å²) in [6, 6.07) is 4.33. The Balaban J connectivity index is 2.10. The number of hydrogen-bond donors (Lipinski definition) is 0. The molecule has 0 saturated carbocycles. The highest BCUT2D eigenvalue weighted by molar-refractivity contribution is 5.74. The molecule has 0 radical (unpaired) electrons. The van der Waals surface area contributed by atoms with Crippen molar-refractivity contribution in [1.29, 1.82) is 0 Å². The van der Waals surface area contributed by atoms with Crippen molar-refractivity contribution in [3.63, 3.8) is 0 Å². The van der Waals surface area contributed by atoms with Gasteiger partial charge < -0.3 is 14.5 Å². The van der Waals surface area contributed by atoms with Crippen LogP contribution in [0.3, 0.4) is 0 Å². The maximum atomic E-state index is 13.5. The van der Waals surface area contributed by atoms with Gasteiger partial charge in [-0.15, -0.1) is 0 Å². The van der Waals surface area contributed by atoms with Gasteiger partial charge in [-0.25, -0.2) is 4.98 Å². The highest BCUT2D eigenvalue weighted by Crippen LogP contribution is 2.43. The molecule has 2 heterocycles. The summed E-state index contributed by atoms with van der Waals surface area (Å²) in [6.07, 6.45) is -6.76. The smallest absolute Gasteiger partial charge is 0.416 e. The van der Waals surface area contributed by atoms with Gasteiger partial charge in [0.25, 0.3) is 0 Å². The molecule has 1 aromatic carbocycles. The quantitative estimate of drug-likeness (QED) is 0.296. The number of benzene rings is 1. The number of halogens is 6. The second kappa shape index (κ2) is 12.0. The Morgan fingerprint density at radius 2 is 1.72 bits per heavy atom. The van der Waals surface area contributed by atoms with E-state index in [1.807, 2.05) is 13.0 Å². The number of hydrogen-bond acceptors (Lipinski definition) is 4. The van der Waals surface area contributed by atoms with Crippen LogP contribution in [-0.2, 0) is 23.7 Å². The first-order valence-corrected chi connectivity index (χ1v) is 13.1. The van der Waals surface area contributed by atoms with Gasteiger partial charge in [0.15, 0.2) is 0 Å². The second-order valence-electron chi connectivity index (χ2n) is 10.2. The molecule has 0 saturated heterocycles. The van der Waals surface area contributed by atoms with Gasteiger partial charge in [-0.1, -0.05) is 27.2 Å². The monoisotopic (exact) mass is 559 g/mol. The van der Waals surface area contributed by atoms with E-state index in [2.05, 4.69) is 23.7 Å². The van der Waals surface area contributed by atoms with Gasteiger partial charge in [0.05, 0.1) is 35.7 Å². The summed E-state index contributed by atoms with van der Waals surface area (Å²) < 4.78 is 86.3. The molecular weight excluding hydrogens is 524 g/mol. The molecule has 5 nitrogen and oxygen atoms in total. The molecule has 216 valence electrons. The second-order valence-corrected chi connectivity index (χ2v) is 10.2. The molecule has 3 atom stereocenters. The normalized spacial score (nSPS) is 18.5. The first-order valence-electron chi connectivity index (χ1n) is 13.1. The van der Waals surface area contributed by atoms with Gasteiger partial charge in [-0.2, -0.15) is 26.3 Å². The van der Waals surface area contributed by atoms with Crippen molar-refractivity contribution in [2.75, 3.05) is 18.6 Å². The first kappa shape index (κ1) is 30.6. The zero-order valence-corrected chi connectivity index (χ0v) is 22.8. The molecule has 1 amide bonds. The minimum absolute atomic E-state index is 0.00824. The minimum Gasteiger partial charge on any atom is -0.481 e. The molecule has 0 bridgehead atoms. The van der Waals surface area contributed by atoms with Gasteiger partial charge >= 0.3 is 12.4 Å². The van der Waals surface area contributed by atoms with Crippen LogP contribution < -0.4 is 9.64 Å². The number of aromatic nitrogens is 1. The number of carbonyl (C=O) groups excluding carboxylic acids is 1. The van der Waals surface area contributed by atoms with Crippen molar-refractivity contribution in [3.05, 3.63) is 52.7 Å². The third-order valence-electron chi connectivity index (χ3n) is 7.19. The summed E-state index contributed by atoms with van der Waals surface area (Å²) >= 11 is 0. The maximum Gasteiger partial charge on any atom is 0.416 e. The molecule has 1 aliphatic rings. The number of pyridine rings is 1. The number of nitrogens with zero attached hydrogens (tertiary/aromatic N) is 3. The lowest BCUT2D eigenvalue weighted by atomic mass is 9.90. The highest BCUT2D eigenvalue weighted by atomic mass is 19.4. The summed E-state index contributed by atoms with van der Waals surface area (Å²) in [5.41, 5.74) is -1.79. The number of ether oxygens (including phenoxy) is 1. The lowest BCUT2D eigenvalue weighted by Gasteiger charge is -2.45. The Morgan fingerprint density at radius 1 is 1.10 bits per heavy atom. The van der Waals surface area contributed by atoms with Crippen LogP contribution in [0, 0.1) is 5.92 Å². The molecule has 0 spiro atoms. The van der Waals surface area contributed by atoms with Crippen molar-refractivity contribution in [2.45, 2.75) is 84.4 Å². The van der Waals surface area contributed by atoms with E-state index in [1.54, 1.807) is 6.07 Å². The summed E-state index contributed by atoms with van der Waals surface area (Å²) in [5.74, 6) is 0.201. The highest BCUT2D eigenvalue weighted by Gasteiger charge is 2.40. The van der Waals surface area contributed by atoms with Crippen molar-refractivity contribution in [1.82, 2.24) is 9.88 Å². The van der Waals surface area contributed by atoms with Crippen LogP contribution in [0.5, 0.6) is 5.88 Å². The molecule has 1 aliphatic heterocycles. The lowest BCUT2D eigenvalue weighted by molar-refractivity contribution is -0.143. The number of amides is 1. The standard InChI is InChI=1S/C28H35F6N3O2/c1-6-8-17(3)15-37-22(7-2)14-24(26-23(37)9-10-25(35-26)39-5)36(18(4)38)16-19-11-20(27(29,30)31)13-21(12-19)28(32,33)34/h9-13,17,22,24H,6-8,14-16H2,1-5H3. The molecular formula is C28H35F6N3O2. The van der Waals surface area contributed by atoms with Crippen molar-refractivity contribution in [2.24, 2.45) is 5.92 Å². The molecule has 2 aromatic rings. The van der Waals surface area contributed by atoms with E-state index in [0.29, 0.717) is 36.0 Å². The average Bonchev–Trinajstić information content (AvgIpc) is 2.86. The minimum atomic E-state index is -4.98. The van der Waals surface area contributed by atoms with Crippen LogP contribution in [0.15, 0.2) is 30.3 Å². The van der Waals surface area contributed by atoms with Gasteiger partial charge in [0, 0.05) is 32.1 Å². The fourth-order valence-corrected chi connectivity index (χ4v) is 5.32. The average molecular weight is 560 g/mol. The topological polar surface area (TPSA) is 45.7 Å². The SMILES string of the molecule is CCCC(C)CN1c2ccc(OC)nc2C(N(Cc2cc(C(F)(F)F)cc(C(F)(F)F)c2)C(C)=O)CC1CC. The molecule has 0 N–H and O–H groups in total. The number of alkyl halides is 6. The number of fused-ring (bicyclic) bond motifs is 1. The first-order chi connectivity index (χ1) is 18.2. The number of rotatable bonds is 9. The van der Waals surface area contributed by atoms with Crippen LogP contribution in [0.25, 0.3) is 0 Å². The predicted molar refractivity (Wildman–Crippen MR) is 136 cm³/mol. The lowest BCUT2D eigenvalue weighted by Crippen LogP contribution is -2.47. The van der Waals surface area contributed by atoms with Gasteiger partial charge in [0.2, 0.25) is 11.8 Å². The van der Waals surface area contributed by atoms with Crippen molar-refractivity contribution < 1.29 is 35.9 Å². The Bertz CT molecular complexity index is 1120. The zero-order valence-electron chi connectivity index (χ0n) is 22.8. The third kappa shape index (κ3) is 7.16. The molecule has 0 aliphatic carbocycles. The van der Waals surface area contributed by atoms with E-state index in [1.165, 1.54) is 18.9 Å². The molecule has 11 heteroatoms. The zero-order chi connectivity index (χ0) is 29.1. The summed E-state index contributed by atoms with van der Waals surface area (Å²) in [5, 5.41) is 0. The van der Waals surface area contributed by atoms with Crippen LogP contribution in [0.4, 0.5) is 32.0 Å². The Hall–Kier alpha value is -2.98. The summed E-state index contributed by atoms with van der Waals surface area (Å²) in [7, 11) is 1.45. The Morgan fingerprint density at radius 3 is 2.21 bits per heavy atom. The molecule has 3 rings (SSSR count). The fraction of sp³-hybridized carbons (Fsp3) is 0.571. The van der Waals surface area contributed by atoms with Crippen LogP contribution in [-0.4, -0.2) is 35.5 Å². The number of methoxy groups -OCH3 is 1. The van der Waals surface area contributed by atoms with E-state index >= 15 is 0 Å². The number of carbonyl (C=O) groups is 1. The predicted octanol–water partition coefficient (Wildman–Crippen LogP) is 7.64. The molecule has 0 fully saturated rings. The van der Waals surface area contributed by atoms with Gasteiger partial charge in [0.1, 0.15) is 0 Å². The van der Waals surface area contributed by atoms with E-state index in [9.17, 15) is 31.1 Å². The van der Waals surface area contributed by atoms with Crippen molar-refractivity contribution >= 4 is 11.6 Å². The Kier molecular flexibility index (Phi) is 9.43. The summed E-state index contributed by atoms with van der Waals surface area (Å²) in [6.45, 7) is 7.86. The number of anilines is 1. The van der Waals surface area contributed by atoms with Crippen LogP contribution in [0.1, 0.15) is 81.8 Å². The van der Waals surface area contributed by atoms with Gasteiger partial charge in [-0.05, 0) is 55.0 Å². The van der Waals surface area contributed by atoms with Crippen molar-refractivity contribution in [3.8, 4) is 5.88 Å². The molecule has 1 aromatic heterocycles. The third-order valence-corrected chi connectivity index (χ3v) is 7.19. The largest absolute Gasteiger partial charge is 0.481 e. The summed E-state index contributed by atoms with van der Waals surface area (Å²) in [4.78, 5) is 21.1. The molecule has 3 unspecified atom stereocenters. The van der Waals surface area contributed by atoms with E-state index in [4.69, 9.17) is 4.74 Å².